The van der Waals surface area contributed by atoms with Gasteiger partial charge in [-0.15, -0.1) is 0 Å². The molecule has 0 bridgehead atoms. The molecular weight excluding hydrogens is 234 g/mol. The van der Waals surface area contributed by atoms with Gasteiger partial charge in [0.25, 0.3) is 0 Å². The molecule has 0 aromatic carbocycles. The van der Waals surface area contributed by atoms with E-state index >= 15 is 0 Å². The molecule has 2 atom stereocenters. The minimum atomic E-state index is 0.324. The molecule has 1 aliphatic carbocycles. The molecule has 4 heteroatoms. The Morgan fingerprint density at radius 3 is 2.65 bits per heavy atom. The lowest BCUT2D eigenvalue weighted by Gasteiger charge is -2.08. The Kier molecular flexibility index (Phi) is 3.25. The molecule has 0 aliphatic heterocycles. The van der Waals surface area contributed by atoms with Gasteiger partial charge in [0, 0.05) is 19.0 Å². The van der Waals surface area contributed by atoms with Crippen molar-refractivity contribution in [2.45, 2.75) is 39.7 Å². The van der Waals surface area contributed by atoms with Gasteiger partial charge < -0.3 is 9.88 Å². The lowest BCUT2D eigenvalue weighted by Crippen LogP contribution is -2.26. The van der Waals surface area contributed by atoms with E-state index in [1.54, 1.807) is 6.20 Å². The van der Waals surface area contributed by atoms with Crippen LogP contribution in [0.5, 0.6) is 0 Å². The Morgan fingerprint density at radius 2 is 2.18 bits per heavy atom. The third-order valence-corrected chi connectivity index (χ3v) is 4.39. The Labute approximate surface area is 109 Å². The molecule has 1 aliphatic rings. The average molecular weight is 256 g/mol. The van der Waals surface area contributed by atoms with Crippen molar-refractivity contribution in [2.75, 3.05) is 6.54 Å². The van der Waals surface area contributed by atoms with Gasteiger partial charge in [-0.25, -0.2) is 4.98 Å². The SMILES string of the molecule is CC(C)NCC1C(c2ncc(Cl)n2C)C1(C)C. The van der Waals surface area contributed by atoms with E-state index in [9.17, 15) is 0 Å². The van der Waals surface area contributed by atoms with Gasteiger partial charge in [0.2, 0.25) is 0 Å². The van der Waals surface area contributed by atoms with E-state index in [1.807, 2.05) is 11.6 Å². The Morgan fingerprint density at radius 1 is 1.53 bits per heavy atom. The normalized spacial score (nSPS) is 26.5. The van der Waals surface area contributed by atoms with Gasteiger partial charge in [0.05, 0.1) is 6.20 Å². The van der Waals surface area contributed by atoms with Crippen molar-refractivity contribution >= 4 is 11.6 Å². The molecule has 0 spiro atoms. The number of nitrogens with zero attached hydrogens (tertiary/aromatic N) is 2. The summed E-state index contributed by atoms with van der Waals surface area (Å²) < 4.78 is 2.00. The molecule has 2 rings (SSSR count). The molecule has 1 fully saturated rings. The molecule has 1 aromatic heterocycles. The second-order valence-electron chi connectivity index (χ2n) is 5.97. The molecule has 0 saturated heterocycles. The van der Waals surface area contributed by atoms with Crippen molar-refractivity contribution in [3.8, 4) is 0 Å². The van der Waals surface area contributed by atoms with E-state index in [2.05, 4.69) is 38.0 Å². The molecule has 1 saturated carbocycles. The molecule has 0 amide bonds. The fraction of sp³-hybridized carbons (Fsp3) is 0.769. The zero-order valence-electron chi connectivity index (χ0n) is 11.3. The van der Waals surface area contributed by atoms with Crippen molar-refractivity contribution in [3.63, 3.8) is 0 Å². The molecule has 1 heterocycles. The number of halogens is 1. The monoisotopic (exact) mass is 255 g/mol. The lowest BCUT2D eigenvalue weighted by atomic mass is 10.1. The number of rotatable bonds is 4. The van der Waals surface area contributed by atoms with Crippen LogP contribution in [0.4, 0.5) is 0 Å². The molecule has 3 nitrogen and oxygen atoms in total. The molecule has 1 aromatic rings. The fourth-order valence-corrected chi connectivity index (χ4v) is 2.83. The highest BCUT2D eigenvalue weighted by molar-refractivity contribution is 6.29. The van der Waals surface area contributed by atoms with E-state index in [1.165, 1.54) is 0 Å². The summed E-state index contributed by atoms with van der Waals surface area (Å²) >= 11 is 6.05. The van der Waals surface area contributed by atoms with Crippen molar-refractivity contribution in [2.24, 2.45) is 18.4 Å². The summed E-state index contributed by atoms with van der Waals surface area (Å²) in [6.45, 7) is 10.0. The highest BCUT2D eigenvalue weighted by Crippen LogP contribution is 2.63. The topological polar surface area (TPSA) is 29.9 Å². The van der Waals surface area contributed by atoms with E-state index in [-0.39, 0.29) is 0 Å². The van der Waals surface area contributed by atoms with Gasteiger partial charge >= 0.3 is 0 Å². The van der Waals surface area contributed by atoms with E-state index in [0.29, 0.717) is 23.3 Å². The average Bonchev–Trinajstić information content (AvgIpc) is 2.61. The third kappa shape index (κ3) is 2.23. The minimum Gasteiger partial charge on any atom is -0.322 e. The lowest BCUT2D eigenvalue weighted by molar-refractivity contribution is 0.491. The van der Waals surface area contributed by atoms with Crippen LogP contribution >= 0.6 is 11.6 Å². The summed E-state index contributed by atoms with van der Waals surface area (Å²) in [4.78, 5) is 4.45. The summed E-state index contributed by atoms with van der Waals surface area (Å²) in [6, 6.07) is 0.539. The molecule has 0 radical (unpaired) electrons. The van der Waals surface area contributed by atoms with Crippen LogP contribution in [0.25, 0.3) is 0 Å². The Balaban J connectivity index is 2.10. The van der Waals surface area contributed by atoms with Gasteiger partial charge in [0.1, 0.15) is 11.0 Å². The first-order chi connectivity index (χ1) is 7.85. The Hall–Kier alpha value is -0.540. The summed E-state index contributed by atoms with van der Waals surface area (Å²) in [5, 5.41) is 4.24. The first-order valence-electron chi connectivity index (χ1n) is 6.26. The van der Waals surface area contributed by atoms with Crippen LogP contribution in [0, 0.1) is 11.3 Å². The molecule has 17 heavy (non-hydrogen) atoms. The van der Waals surface area contributed by atoms with Crippen LogP contribution in [-0.4, -0.2) is 22.1 Å². The van der Waals surface area contributed by atoms with Crippen molar-refractivity contribution in [3.05, 3.63) is 17.2 Å². The van der Waals surface area contributed by atoms with E-state index < -0.39 is 0 Å². The highest BCUT2D eigenvalue weighted by Gasteiger charge is 2.59. The number of aromatic nitrogens is 2. The van der Waals surface area contributed by atoms with Crippen LogP contribution in [-0.2, 0) is 7.05 Å². The van der Waals surface area contributed by atoms with E-state index in [4.69, 9.17) is 11.6 Å². The first-order valence-corrected chi connectivity index (χ1v) is 6.64. The highest BCUT2D eigenvalue weighted by atomic mass is 35.5. The molecule has 2 unspecified atom stereocenters. The summed E-state index contributed by atoms with van der Waals surface area (Å²) in [5.74, 6) is 2.30. The largest absolute Gasteiger partial charge is 0.322 e. The maximum atomic E-state index is 6.05. The maximum Gasteiger partial charge on any atom is 0.128 e. The van der Waals surface area contributed by atoms with Crippen LogP contribution in [0.3, 0.4) is 0 Å². The fourth-order valence-electron chi connectivity index (χ4n) is 2.69. The van der Waals surface area contributed by atoms with Crippen molar-refractivity contribution in [1.82, 2.24) is 14.9 Å². The molecule has 96 valence electrons. The number of nitrogens with one attached hydrogen (secondary N) is 1. The quantitative estimate of drug-likeness (QED) is 0.897. The minimum absolute atomic E-state index is 0.324. The van der Waals surface area contributed by atoms with Gasteiger partial charge in [-0.05, 0) is 17.9 Å². The zero-order chi connectivity index (χ0) is 12.8. The third-order valence-electron chi connectivity index (χ3n) is 4.04. The number of imidazole rings is 1. The summed E-state index contributed by atoms with van der Waals surface area (Å²) in [6.07, 6.45) is 1.75. The smallest absolute Gasteiger partial charge is 0.128 e. The molecule has 1 N–H and O–H groups in total. The van der Waals surface area contributed by atoms with Gasteiger partial charge in [-0.1, -0.05) is 39.3 Å². The summed E-state index contributed by atoms with van der Waals surface area (Å²) in [7, 11) is 1.99. The van der Waals surface area contributed by atoms with Crippen LogP contribution < -0.4 is 5.32 Å². The van der Waals surface area contributed by atoms with Gasteiger partial charge in [0.15, 0.2) is 0 Å². The van der Waals surface area contributed by atoms with Crippen LogP contribution in [0.15, 0.2) is 6.20 Å². The Bertz CT molecular complexity index is 409. The number of hydrogen-bond donors (Lipinski definition) is 1. The second kappa shape index (κ2) is 4.29. The first kappa shape index (κ1) is 12.9. The van der Waals surface area contributed by atoms with Gasteiger partial charge in [-0.2, -0.15) is 0 Å². The van der Waals surface area contributed by atoms with Crippen LogP contribution in [0.2, 0.25) is 5.15 Å². The second-order valence-corrected chi connectivity index (χ2v) is 6.35. The van der Waals surface area contributed by atoms with Gasteiger partial charge in [-0.3, -0.25) is 0 Å². The van der Waals surface area contributed by atoms with E-state index in [0.717, 1.165) is 17.5 Å². The van der Waals surface area contributed by atoms with Crippen molar-refractivity contribution in [1.29, 1.82) is 0 Å². The van der Waals surface area contributed by atoms with Crippen LogP contribution in [0.1, 0.15) is 39.4 Å². The standard InChI is InChI=1S/C13H22ClN3/c1-8(2)15-6-9-11(13(9,3)4)12-16-7-10(14)17(12)5/h7-9,11,15H,6H2,1-5H3. The molecular formula is C13H22ClN3. The zero-order valence-corrected chi connectivity index (χ0v) is 12.0. The van der Waals surface area contributed by atoms with Crippen molar-refractivity contribution < 1.29 is 0 Å². The summed E-state index contributed by atoms with van der Waals surface area (Å²) in [5.41, 5.74) is 0.324. The number of hydrogen-bond acceptors (Lipinski definition) is 2. The predicted molar refractivity (Wildman–Crippen MR) is 71.4 cm³/mol. The maximum absolute atomic E-state index is 6.05. The predicted octanol–water partition coefficient (Wildman–Crippen LogP) is 2.81.